The number of carbonyl (C=O) groups is 1. The standard InChI is InChI=1S/C11H14NO4P/c1-2-15-17(14)8-12-10(11(13)16-17)9-6-4-3-5-7-9/h3-7,10,12H,2,8H2,1H3. The molecule has 5 nitrogen and oxygen atoms in total. The summed E-state index contributed by atoms with van der Waals surface area (Å²) in [5.74, 6) is -0.556. The zero-order valence-electron chi connectivity index (χ0n) is 9.46. The molecule has 1 fully saturated rings. The fourth-order valence-corrected chi connectivity index (χ4v) is 3.06. The molecule has 1 aromatic rings. The predicted molar refractivity (Wildman–Crippen MR) is 62.5 cm³/mol. The summed E-state index contributed by atoms with van der Waals surface area (Å²) in [7, 11) is -3.29. The minimum absolute atomic E-state index is 0.0478. The van der Waals surface area contributed by atoms with Crippen molar-refractivity contribution in [3.05, 3.63) is 35.9 Å². The van der Waals surface area contributed by atoms with E-state index in [0.717, 1.165) is 5.56 Å². The second-order valence-electron chi connectivity index (χ2n) is 3.64. The molecule has 6 heteroatoms. The first-order chi connectivity index (χ1) is 8.14. The fourth-order valence-electron chi connectivity index (χ4n) is 1.68. The summed E-state index contributed by atoms with van der Waals surface area (Å²) < 4.78 is 21.8. The molecule has 1 N–H and O–H groups in total. The predicted octanol–water partition coefficient (Wildman–Crippen LogP) is 2.06. The third kappa shape index (κ3) is 2.75. The van der Waals surface area contributed by atoms with E-state index in [-0.39, 0.29) is 12.9 Å². The van der Waals surface area contributed by atoms with Crippen LogP contribution in [0.4, 0.5) is 0 Å². The summed E-state index contributed by atoms with van der Waals surface area (Å²) in [6, 6.07) is 8.59. The van der Waals surface area contributed by atoms with E-state index in [0.29, 0.717) is 0 Å². The van der Waals surface area contributed by atoms with E-state index in [1.807, 2.05) is 30.3 Å². The SMILES string of the molecule is CCOP1(=O)CNC(c2ccccc2)C(=O)O1. The first-order valence-electron chi connectivity index (χ1n) is 5.40. The van der Waals surface area contributed by atoms with Gasteiger partial charge in [-0.1, -0.05) is 30.3 Å². The third-order valence-electron chi connectivity index (χ3n) is 2.41. The molecule has 0 aliphatic carbocycles. The molecule has 2 rings (SSSR count). The van der Waals surface area contributed by atoms with E-state index in [2.05, 4.69) is 5.32 Å². The molecule has 1 aliphatic rings. The van der Waals surface area contributed by atoms with Gasteiger partial charge in [-0.2, -0.15) is 0 Å². The maximum absolute atomic E-state index is 11.9. The molecule has 1 aromatic carbocycles. The minimum atomic E-state index is -3.29. The smallest absolute Gasteiger partial charge is 0.389 e. The van der Waals surface area contributed by atoms with Crippen molar-refractivity contribution >= 4 is 13.6 Å². The van der Waals surface area contributed by atoms with Crippen LogP contribution in [0.2, 0.25) is 0 Å². The van der Waals surface area contributed by atoms with Gasteiger partial charge in [0.15, 0.2) is 0 Å². The maximum Gasteiger partial charge on any atom is 0.395 e. The van der Waals surface area contributed by atoms with Crippen LogP contribution in [0.3, 0.4) is 0 Å². The van der Waals surface area contributed by atoms with Gasteiger partial charge in [-0.25, -0.2) is 9.36 Å². The number of hydrogen-bond donors (Lipinski definition) is 1. The lowest BCUT2D eigenvalue weighted by atomic mass is 10.1. The molecule has 2 atom stereocenters. The highest BCUT2D eigenvalue weighted by molar-refractivity contribution is 7.54. The van der Waals surface area contributed by atoms with Crippen LogP contribution in [-0.4, -0.2) is 18.9 Å². The summed E-state index contributed by atoms with van der Waals surface area (Å²) in [5.41, 5.74) is 0.792. The van der Waals surface area contributed by atoms with Gasteiger partial charge in [-0.05, 0) is 12.5 Å². The third-order valence-corrected chi connectivity index (χ3v) is 4.09. The summed E-state index contributed by atoms with van der Waals surface area (Å²) >= 11 is 0. The molecule has 0 radical (unpaired) electrons. The average molecular weight is 255 g/mol. The van der Waals surface area contributed by atoms with E-state index in [9.17, 15) is 9.36 Å². The molecule has 1 saturated heterocycles. The van der Waals surface area contributed by atoms with Gasteiger partial charge in [0.25, 0.3) is 0 Å². The Morgan fingerprint density at radius 2 is 2.18 bits per heavy atom. The first kappa shape index (κ1) is 12.3. The Hall–Kier alpha value is -1.16. The number of rotatable bonds is 3. The van der Waals surface area contributed by atoms with Crippen molar-refractivity contribution < 1.29 is 18.4 Å². The lowest BCUT2D eigenvalue weighted by Gasteiger charge is -2.28. The van der Waals surface area contributed by atoms with Gasteiger partial charge in [0.2, 0.25) is 0 Å². The quantitative estimate of drug-likeness (QED) is 0.837. The van der Waals surface area contributed by atoms with Crippen molar-refractivity contribution in [1.29, 1.82) is 0 Å². The zero-order valence-corrected chi connectivity index (χ0v) is 10.4. The zero-order chi connectivity index (χ0) is 12.3. The summed E-state index contributed by atoms with van der Waals surface area (Å²) in [6.45, 7) is 1.96. The summed E-state index contributed by atoms with van der Waals surface area (Å²) in [5, 5.41) is 2.90. The highest BCUT2D eigenvalue weighted by Gasteiger charge is 2.39. The Balaban J connectivity index is 2.12. The van der Waals surface area contributed by atoms with E-state index < -0.39 is 19.6 Å². The van der Waals surface area contributed by atoms with Gasteiger partial charge in [-0.15, -0.1) is 0 Å². The van der Waals surface area contributed by atoms with E-state index in [1.54, 1.807) is 6.92 Å². The molecular weight excluding hydrogens is 241 g/mol. The summed E-state index contributed by atoms with van der Waals surface area (Å²) in [6.07, 6.45) is 0.0478. The number of nitrogens with one attached hydrogen (secondary N) is 1. The van der Waals surface area contributed by atoms with Crippen LogP contribution in [-0.2, 0) is 18.4 Å². The van der Waals surface area contributed by atoms with Crippen molar-refractivity contribution in [3.8, 4) is 0 Å². The van der Waals surface area contributed by atoms with Crippen LogP contribution < -0.4 is 5.32 Å². The van der Waals surface area contributed by atoms with Crippen molar-refractivity contribution in [2.24, 2.45) is 0 Å². The topological polar surface area (TPSA) is 64.6 Å². The second-order valence-corrected chi connectivity index (χ2v) is 5.62. The van der Waals surface area contributed by atoms with Crippen molar-refractivity contribution in [2.45, 2.75) is 13.0 Å². The van der Waals surface area contributed by atoms with Gasteiger partial charge in [0, 0.05) is 0 Å². The molecule has 0 spiro atoms. The minimum Gasteiger partial charge on any atom is -0.389 e. The van der Waals surface area contributed by atoms with E-state index in [4.69, 9.17) is 9.05 Å². The largest absolute Gasteiger partial charge is 0.395 e. The van der Waals surface area contributed by atoms with Gasteiger partial charge in [-0.3, -0.25) is 9.84 Å². The number of benzene rings is 1. The maximum atomic E-state index is 11.9. The first-order valence-corrected chi connectivity index (χ1v) is 7.13. The molecule has 92 valence electrons. The lowest BCUT2D eigenvalue weighted by molar-refractivity contribution is -0.138. The number of hydrogen-bond acceptors (Lipinski definition) is 5. The highest BCUT2D eigenvalue weighted by Crippen LogP contribution is 2.50. The van der Waals surface area contributed by atoms with Crippen LogP contribution in [0.5, 0.6) is 0 Å². The molecule has 0 aromatic heterocycles. The van der Waals surface area contributed by atoms with Crippen molar-refractivity contribution in [2.75, 3.05) is 12.9 Å². The van der Waals surface area contributed by atoms with Gasteiger partial charge in [0.05, 0.1) is 6.61 Å². The molecule has 1 aliphatic heterocycles. The molecule has 0 amide bonds. The van der Waals surface area contributed by atoms with E-state index >= 15 is 0 Å². The Kier molecular flexibility index (Phi) is 3.62. The van der Waals surface area contributed by atoms with Crippen molar-refractivity contribution in [1.82, 2.24) is 5.32 Å². The highest BCUT2D eigenvalue weighted by atomic mass is 31.2. The van der Waals surface area contributed by atoms with Gasteiger partial charge >= 0.3 is 13.6 Å². The molecular formula is C11H14NO4P. The molecule has 0 saturated carbocycles. The molecule has 2 unspecified atom stereocenters. The lowest BCUT2D eigenvalue weighted by Crippen LogP contribution is -2.36. The summed E-state index contributed by atoms with van der Waals surface area (Å²) in [4.78, 5) is 11.7. The Bertz CT molecular complexity index is 448. The fraction of sp³-hybridized carbons (Fsp3) is 0.364. The second kappa shape index (κ2) is 5.00. The van der Waals surface area contributed by atoms with Crippen LogP contribution in [0.25, 0.3) is 0 Å². The molecule has 0 bridgehead atoms. The van der Waals surface area contributed by atoms with Crippen LogP contribution in [0.15, 0.2) is 30.3 Å². The Morgan fingerprint density at radius 3 is 2.76 bits per heavy atom. The van der Waals surface area contributed by atoms with Crippen LogP contribution >= 0.6 is 7.60 Å². The molecule has 1 heterocycles. The molecule has 17 heavy (non-hydrogen) atoms. The number of carbonyl (C=O) groups excluding carboxylic acids is 1. The Morgan fingerprint density at radius 1 is 1.47 bits per heavy atom. The van der Waals surface area contributed by atoms with Gasteiger partial charge < -0.3 is 4.52 Å². The average Bonchev–Trinajstić information content (AvgIpc) is 2.30. The van der Waals surface area contributed by atoms with Crippen molar-refractivity contribution in [3.63, 3.8) is 0 Å². The monoisotopic (exact) mass is 255 g/mol. The van der Waals surface area contributed by atoms with Gasteiger partial charge in [0.1, 0.15) is 12.3 Å². The van der Waals surface area contributed by atoms with Crippen LogP contribution in [0.1, 0.15) is 18.5 Å². The van der Waals surface area contributed by atoms with Crippen LogP contribution in [0, 0.1) is 0 Å². The Labute approximate surface area is 99.7 Å². The normalized spacial score (nSPS) is 28.8. The van der Waals surface area contributed by atoms with E-state index in [1.165, 1.54) is 0 Å².